The molecule has 0 aromatic rings. The van der Waals surface area contributed by atoms with Crippen molar-refractivity contribution in [1.82, 2.24) is 4.90 Å². The first kappa shape index (κ1) is 20.7. The molecule has 21 heavy (non-hydrogen) atoms. The molecule has 0 fully saturated rings. The highest BCUT2D eigenvalue weighted by molar-refractivity contribution is 7.85. The molecule has 128 valence electrons. The van der Waals surface area contributed by atoms with E-state index in [1.165, 1.54) is 4.90 Å². The average molecular weight is 328 g/mol. The van der Waals surface area contributed by atoms with Gasteiger partial charge in [-0.1, -0.05) is 13.8 Å². The summed E-state index contributed by atoms with van der Waals surface area (Å²) in [6.45, 7) is 2.43. The third-order valence-corrected chi connectivity index (χ3v) is 4.04. The molecule has 4 N–H and O–H groups in total. The molecular formula is C12H26NO7S-. The lowest BCUT2D eigenvalue weighted by Crippen LogP contribution is -2.58. The fourth-order valence-electron chi connectivity index (χ4n) is 2.45. The molecule has 0 aliphatic rings. The van der Waals surface area contributed by atoms with Gasteiger partial charge in [0.15, 0.2) is 0 Å². The summed E-state index contributed by atoms with van der Waals surface area (Å²) in [5.74, 6) is -0.838. The number of β-amino-alcohol motifs (C(OH)–C–C–N with tert-alkyl or cyclic N) is 2. The van der Waals surface area contributed by atoms with Crippen molar-refractivity contribution < 1.29 is 33.4 Å². The molecule has 1 unspecified atom stereocenters. The average Bonchev–Trinajstić information content (AvgIpc) is 2.33. The van der Waals surface area contributed by atoms with Crippen LogP contribution in [0.2, 0.25) is 0 Å². The van der Waals surface area contributed by atoms with Gasteiger partial charge in [-0.2, -0.15) is 0 Å². The van der Waals surface area contributed by atoms with Crippen LogP contribution in [0.4, 0.5) is 0 Å². The minimum absolute atomic E-state index is 0.0316. The maximum atomic E-state index is 10.7. The number of hydrogen-bond acceptors (Lipinski definition) is 8. The van der Waals surface area contributed by atoms with E-state index in [1.54, 1.807) is 0 Å². The summed E-state index contributed by atoms with van der Waals surface area (Å²) in [7, 11) is -4.58. The third kappa shape index (κ3) is 7.50. The van der Waals surface area contributed by atoms with E-state index in [1.807, 2.05) is 13.8 Å². The molecule has 8 nitrogen and oxygen atoms in total. The van der Waals surface area contributed by atoms with Gasteiger partial charge in [0.2, 0.25) is 0 Å². The van der Waals surface area contributed by atoms with Crippen molar-refractivity contribution >= 4 is 10.1 Å². The minimum atomic E-state index is -4.58. The zero-order valence-electron chi connectivity index (χ0n) is 12.5. The Kier molecular flexibility index (Phi) is 8.86. The molecule has 0 saturated carbocycles. The molecular weight excluding hydrogens is 302 g/mol. The van der Waals surface area contributed by atoms with Crippen molar-refractivity contribution in [2.24, 2.45) is 5.92 Å². The van der Waals surface area contributed by atoms with Crippen molar-refractivity contribution in [3.63, 3.8) is 0 Å². The zero-order valence-corrected chi connectivity index (χ0v) is 13.3. The SMILES string of the molecule is CC(C)CC(CO)(CO)N(CCO)CC(O)CS(=O)(=O)[O-]. The molecule has 0 spiro atoms. The normalized spacial score (nSPS) is 14.9. The Bertz CT molecular complexity index is 381. The van der Waals surface area contributed by atoms with E-state index >= 15 is 0 Å². The molecule has 0 heterocycles. The minimum Gasteiger partial charge on any atom is -0.748 e. The van der Waals surface area contributed by atoms with Crippen LogP contribution in [-0.2, 0) is 10.1 Å². The second-order valence-corrected chi connectivity index (χ2v) is 7.14. The Morgan fingerprint density at radius 3 is 2.05 bits per heavy atom. The summed E-state index contributed by atoms with van der Waals surface area (Å²) in [5, 5.41) is 38.1. The fourth-order valence-corrected chi connectivity index (χ4v) is 3.03. The maximum Gasteiger partial charge on any atom is 0.0972 e. The van der Waals surface area contributed by atoms with Crippen molar-refractivity contribution in [2.45, 2.75) is 31.9 Å². The fraction of sp³-hybridized carbons (Fsp3) is 1.00. The van der Waals surface area contributed by atoms with Crippen LogP contribution >= 0.6 is 0 Å². The topological polar surface area (TPSA) is 141 Å². The van der Waals surface area contributed by atoms with Gasteiger partial charge in [0.25, 0.3) is 0 Å². The van der Waals surface area contributed by atoms with Crippen molar-refractivity contribution in [3.8, 4) is 0 Å². The van der Waals surface area contributed by atoms with E-state index in [2.05, 4.69) is 0 Å². The number of hydrogen-bond donors (Lipinski definition) is 4. The highest BCUT2D eigenvalue weighted by Gasteiger charge is 2.37. The number of nitrogens with zero attached hydrogens (tertiary/aromatic N) is 1. The van der Waals surface area contributed by atoms with E-state index in [0.717, 1.165) is 0 Å². The van der Waals surface area contributed by atoms with Gasteiger partial charge in [0, 0.05) is 13.1 Å². The number of aliphatic hydroxyl groups is 4. The second kappa shape index (κ2) is 8.99. The summed E-state index contributed by atoms with van der Waals surface area (Å²) in [6.07, 6.45) is -1.07. The van der Waals surface area contributed by atoms with Gasteiger partial charge >= 0.3 is 0 Å². The Hall–Kier alpha value is -0.290. The molecule has 0 saturated heterocycles. The molecule has 0 aliphatic heterocycles. The van der Waals surface area contributed by atoms with Crippen LogP contribution in [0.15, 0.2) is 0 Å². The Labute approximate surface area is 125 Å². The van der Waals surface area contributed by atoms with E-state index < -0.39 is 40.7 Å². The largest absolute Gasteiger partial charge is 0.748 e. The lowest BCUT2D eigenvalue weighted by atomic mass is 9.88. The molecule has 0 aliphatic carbocycles. The molecule has 0 aromatic heterocycles. The predicted octanol–water partition coefficient (Wildman–Crippen LogP) is -2.04. The summed E-state index contributed by atoms with van der Waals surface area (Å²) in [5.41, 5.74) is -1.09. The number of aliphatic hydroxyl groups excluding tert-OH is 4. The number of rotatable bonds is 11. The van der Waals surface area contributed by atoms with E-state index in [0.29, 0.717) is 6.42 Å². The smallest absolute Gasteiger partial charge is 0.0972 e. The van der Waals surface area contributed by atoms with E-state index in [-0.39, 0.29) is 25.6 Å². The molecule has 0 aromatic carbocycles. The van der Waals surface area contributed by atoms with Crippen LogP contribution in [0, 0.1) is 5.92 Å². The van der Waals surface area contributed by atoms with Gasteiger partial charge in [-0.25, -0.2) is 8.42 Å². The second-order valence-electron chi connectivity index (χ2n) is 5.69. The van der Waals surface area contributed by atoms with Crippen LogP contribution in [0.25, 0.3) is 0 Å². The van der Waals surface area contributed by atoms with Crippen LogP contribution in [-0.4, -0.2) is 88.6 Å². The lowest BCUT2D eigenvalue weighted by Gasteiger charge is -2.43. The predicted molar refractivity (Wildman–Crippen MR) is 75.6 cm³/mol. The molecule has 0 bridgehead atoms. The monoisotopic (exact) mass is 328 g/mol. The molecule has 1 atom stereocenters. The highest BCUT2D eigenvalue weighted by Crippen LogP contribution is 2.24. The zero-order chi connectivity index (χ0) is 16.7. The summed E-state index contributed by atoms with van der Waals surface area (Å²) >= 11 is 0. The van der Waals surface area contributed by atoms with Gasteiger partial charge in [-0.05, 0) is 12.3 Å². The summed E-state index contributed by atoms with van der Waals surface area (Å²) in [4.78, 5) is 1.43. The molecule has 9 heteroatoms. The van der Waals surface area contributed by atoms with Crippen LogP contribution in [0.3, 0.4) is 0 Å². The molecule has 0 rings (SSSR count). The first-order valence-electron chi connectivity index (χ1n) is 6.79. The van der Waals surface area contributed by atoms with Crippen molar-refractivity contribution in [2.75, 3.05) is 38.7 Å². The molecule has 0 amide bonds. The first-order valence-corrected chi connectivity index (χ1v) is 8.37. The van der Waals surface area contributed by atoms with E-state index in [9.17, 15) is 28.3 Å². The van der Waals surface area contributed by atoms with Gasteiger partial charge in [0.05, 0.1) is 47.3 Å². The molecule has 0 radical (unpaired) electrons. The Morgan fingerprint density at radius 1 is 1.19 bits per heavy atom. The van der Waals surface area contributed by atoms with Crippen molar-refractivity contribution in [3.05, 3.63) is 0 Å². The quantitative estimate of drug-likeness (QED) is 0.318. The Morgan fingerprint density at radius 2 is 1.71 bits per heavy atom. The van der Waals surface area contributed by atoms with Gasteiger partial charge in [0.1, 0.15) is 0 Å². The van der Waals surface area contributed by atoms with Gasteiger partial charge in [-0.3, -0.25) is 4.90 Å². The van der Waals surface area contributed by atoms with Gasteiger partial charge < -0.3 is 25.0 Å². The summed E-state index contributed by atoms with van der Waals surface area (Å²) in [6, 6.07) is 0. The summed E-state index contributed by atoms with van der Waals surface area (Å²) < 4.78 is 32.0. The van der Waals surface area contributed by atoms with Crippen LogP contribution in [0.1, 0.15) is 20.3 Å². The lowest BCUT2D eigenvalue weighted by molar-refractivity contribution is -0.0492. The first-order chi connectivity index (χ1) is 9.60. The maximum absolute atomic E-state index is 10.7. The van der Waals surface area contributed by atoms with Crippen LogP contribution in [0.5, 0.6) is 0 Å². The highest BCUT2D eigenvalue weighted by atomic mass is 32.2. The van der Waals surface area contributed by atoms with E-state index in [4.69, 9.17) is 5.11 Å². The van der Waals surface area contributed by atoms with Gasteiger partial charge in [-0.15, -0.1) is 0 Å². The van der Waals surface area contributed by atoms with Crippen molar-refractivity contribution in [1.29, 1.82) is 0 Å². The Balaban J connectivity index is 5.13. The standard InChI is InChI=1S/C12H27NO7S/c1-10(2)5-12(8-15,9-16)13(3-4-14)6-11(17)7-21(18,19)20/h10-11,14-17H,3-9H2,1-2H3,(H,18,19,20)/p-1. The van der Waals surface area contributed by atoms with Crippen LogP contribution < -0.4 is 0 Å². The third-order valence-electron chi connectivity index (χ3n) is 3.25.